The normalized spacial score (nSPS) is 26.5. The fraction of sp³-hybridized carbons (Fsp3) is 0.800. The Labute approximate surface area is 59.5 Å². The van der Waals surface area contributed by atoms with Crippen LogP contribution in [0.25, 0.3) is 0 Å². The Morgan fingerprint density at radius 1 is 1.60 bits per heavy atom. The highest BCUT2D eigenvalue weighted by Gasteiger charge is 2.29. The van der Waals surface area contributed by atoms with Gasteiger partial charge < -0.3 is 5.32 Å². The van der Waals surface area contributed by atoms with Crippen LogP contribution in [0.5, 0.6) is 0 Å². The highest BCUT2D eigenvalue weighted by Crippen LogP contribution is 2.08. The van der Waals surface area contributed by atoms with E-state index >= 15 is 0 Å². The van der Waals surface area contributed by atoms with Gasteiger partial charge in [-0.25, -0.2) is 8.42 Å². The molecule has 1 fully saturated rings. The molecule has 4 nitrogen and oxygen atoms in total. The average molecular weight is 163 g/mol. The van der Waals surface area contributed by atoms with Crippen molar-refractivity contribution >= 4 is 15.7 Å². The van der Waals surface area contributed by atoms with E-state index in [1.165, 1.54) is 0 Å². The lowest BCUT2D eigenvalue weighted by Gasteiger charge is -2.01. The van der Waals surface area contributed by atoms with E-state index in [1.54, 1.807) is 0 Å². The molecule has 0 aromatic rings. The average Bonchev–Trinajstić information content (AvgIpc) is 2.11. The van der Waals surface area contributed by atoms with E-state index in [-0.39, 0.29) is 18.9 Å². The van der Waals surface area contributed by atoms with Crippen molar-refractivity contribution in [1.29, 1.82) is 0 Å². The van der Waals surface area contributed by atoms with Crippen molar-refractivity contribution in [3.63, 3.8) is 0 Å². The first-order chi connectivity index (χ1) is 4.50. The number of rotatable bonds is 1. The van der Waals surface area contributed by atoms with Crippen LogP contribution in [0.15, 0.2) is 0 Å². The van der Waals surface area contributed by atoms with Gasteiger partial charge in [-0.2, -0.15) is 0 Å². The number of nitrogens with one attached hydrogen (secondary N) is 1. The molecule has 1 aliphatic heterocycles. The Bertz CT molecular complexity index is 244. The van der Waals surface area contributed by atoms with Crippen LogP contribution >= 0.6 is 0 Å². The second-order valence-electron chi connectivity index (χ2n) is 2.46. The standard InChI is InChI=1S/C5H9NO3S/c1-10(8,9)4-2-5(7)6-3-4/h4H,2-3H2,1H3,(H,6,7). The minimum absolute atomic E-state index is 0.124. The van der Waals surface area contributed by atoms with Gasteiger partial charge in [0.1, 0.15) is 0 Å². The van der Waals surface area contributed by atoms with Crippen molar-refractivity contribution in [3.8, 4) is 0 Å². The van der Waals surface area contributed by atoms with Crippen LogP contribution in [-0.4, -0.2) is 32.4 Å². The van der Waals surface area contributed by atoms with Gasteiger partial charge in [0.25, 0.3) is 0 Å². The number of hydrogen-bond acceptors (Lipinski definition) is 3. The zero-order valence-corrected chi connectivity index (χ0v) is 6.44. The van der Waals surface area contributed by atoms with E-state index in [1.807, 2.05) is 0 Å². The minimum atomic E-state index is -3.02. The third-order valence-corrected chi connectivity index (χ3v) is 3.09. The predicted molar refractivity (Wildman–Crippen MR) is 36.3 cm³/mol. The van der Waals surface area contributed by atoms with Gasteiger partial charge in [0.2, 0.25) is 5.91 Å². The molecule has 1 rings (SSSR count). The highest BCUT2D eigenvalue weighted by atomic mass is 32.2. The molecule has 1 heterocycles. The van der Waals surface area contributed by atoms with E-state index in [0.717, 1.165) is 6.26 Å². The molecule has 1 saturated heterocycles. The summed E-state index contributed by atoms with van der Waals surface area (Å²) in [5.74, 6) is -0.171. The van der Waals surface area contributed by atoms with Crippen molar-refractivity contribution in [2.24, 2.45) is 0 Å². The van der Waals surface area contributed by atoms with Crippen LogP contribution in [0.1, 0.15) is 6.42 Å². The molecule has 0 aliphatic carbocycles. The van der Waals surface area contributed by atoms with Gasteiger partial charge in [-0.15, -0.1) is 0 Å². The van der Waals surface area contributed by atoms with Crippen molar-refractivity contribution in [2.75, 3.05) is 12.8 Å². The highest BCUT2D eigenvalue weighted by molar-refractivity contribution is 7.91. The summed E-state index contributed by atoms with van der Waals surface area (Å²) in [6.07, 6.45) is 1.27. The van der Waals surface area contributed by atoms with Crippen molar-refractivity contribution in [2.45, 2.75) is 11.7 Å². The monoisotopic (exact) mass is 163 g/mol. The summed E-state index contributed by atoms with van der Waals surface area (Å²) in [5, 5.41) is 1.96. The van der Waals surface area contributed by atoms with Crippen LogP contribution in [0, 0.1) is 0 Å². The van der Waals surface area contributed by atoms with Crippen LogP contribution in [0.3, 0.4) is 0 Å². The maximum atomic E-state index is 10.8. The summed E-state index contributed by atoms with van der Waals surface area (Å²) in [5.41, 5.74) is 0. The van der Waals surface area contributed by atoms with Crippen LogP contribution < -0.4 is 5.32 Å². The Morgan fingerprint density at radius 2 is 2.20 bits per heavy atom. The fourth-order valence-electron chi connectivity index (χ4n) is 0.882. The van der Waals surface area contributed by atoms with Gasteiger partial charge in [0.15, 0.2) is 9.84 Å². The van der Waals surface area contributed by atoms with Gasteiger partial charge in [-0.3, -0.25) is 4.79 Å². The SMILES string of the molecule is CS(=O)(=O)C1CNC(=O)C1. The number of amides is 1. The van der Waals surface area contributed by atoms with E-state index < -0.39 is 15.1 Å². The van der Waals surface area contributed by atoms with Crippen LogP contribution in [0.2, 0.25) is 0 Å². The van der Waals surface area contributed by atoms with Crippen molar-refractivity contribution in [1.82, 2.24) is 5.32 Å². The second kappa shape index (κ2) is 2.23. The maximum Gasteiger partial charge on any atom is 0.221 e. The molecule has 1 unspecified atom stereocenters. The van der Waals surface area contributed by atoms with E-state index in [2.05, 4.69) is 5.32 Å². The Hall–Kier alpha value is -0.580. The topological polar surface area (TPSA) is 63.2 Å². The molecule has 1 N–H and O–H groups in total. The van der Waals surface area contributed by atoms with E-state index in [4.69, 9.17) is 0 Å². The van der Waals surface area contributed by atoms with Crippen LogP contribution in [0.4, 0.5) is 0 Å². The summed E-state index contributed by atoms with van der Waals surface area (Å²) < 4.78 is 21.6. The molecule has 0 radical (unpaired) electrons. The molecule has 1 atom stereocenters. The number of carbonyl (C=O) groups is 1. The molecular formula is C5H9NO3S. The largest absolute Gasteiger partial charge is 0.355 e. The first-order valence-electron chi connectivity index (χ1n) is 2.96. The lowest BCUT2D eigenvalue weighted by molar-refractivity contribution is -0.119. The fourth-order valence-corrected chi connectivity index (χ4v) is 1.72. The first-order valence-corrected chi connectivity index (χ1v) is 4.91. The zero-order chi connectivity index (χ0) is 7.78. The lowest BCUT2D eigenvalue weighted by atomic mass is 10.4. The van der Waals surface area contributed by atoms with Crippen LogP contribution in [-0.2, 0) is 14.6 Å². The smallest absolute Gasteiger partial charge is 0.221 e. The van der Waals surface area contributed by atoms with Gasteiger partial charge in [0, 0.05) is 19.2 Å². The van der Waals surface area contributed by atoms with Gasteiger partial charge in [-0.05, 0) is 0 Å². The van der Waals surface area contributed by atoms with Gasteiger partial charge in [-0.1, -0.05) is 0 Å². The molecular weight excluding hydrogens is 154 g/mol. The molecule has 0 bridgehead atoms. The molecule has 1 amide bonds. The minimum Gasteiger partial charge on any atom is -0.355 e. The molecule has 5 heteroatoms. The number of carbonyl (C=O) groups excluding carboxylic acids is 1. The second-order valence-corrected chi connectivity index (χ2v) is 4.79. The zero-order valence-electron chi connectivity index (χ0n) is 5.62. The molecule has 0 spiro atoms. The molecule has 58 valence electrons. The van der Waals surface area contributed by atoms with E-state index in [0.29, 0.717) is 0 Å². The lowest BCUT2D eigenvalue weighted by Crippen LogP contribution is -2.22. The first kappa shape index (κ1) is 7.53. The molecule has 0 aromatic carbocycles. The summed E-state index contributed by atoms with van der Waals surface area (Å²) in [6, 6.07) is 0. The van der Waals surface area contributed by atoms with Crippen molar-refractivity contribution < 1.29 is 13.2 Å². The van der Waals surface area contributed by atoms with Gasteiger partial charge >= 0.3 is 0 Å². The summed E-state index contributed by atoms with van der Waals surface area (Å²) >= 11 is 0. The third-order valence-electron chi connectivity index (χ3n) is 1.55. The maximum absolute atomic E-state index is 10.8. The molecule has 1 aliphatic rings. The van der Waals surface area contributed by atoms with E-state index in [9.17, 15) is 13.2 Å². The summed E-state index contributed by atoms with van der Waals surface area (Å²) in [7, 11) is -3.02. The Kier molecular flexibility index (Phi) is 1.68. The summed E-state index contributed by atoms with van der Waals surface area (Å²) in [6.45, 7) is 0.275. The Morgan fingerprint density at radius 3 is 2.40 bits per heavy atom. The quantitative estimate of drug-likeness (QED) is 0.534. The third kappa shape index (κ3) is 1.47. The van der Waals surface area contributed by atoms with Crippen molar-refractivity contribution in [3.05, 3.63) is 0 Å². The van der Waals surface area contributed by atoms with Gasteiger partial charge in [0.05, 0.1) is 5.25 Å². The predicted octanol–water partition coefficient (Wildman–Crippen LogP) is -1.08. The molecule has 0 saturated carbocycles. The Balaban J connectivity index is 2.71. The molecule has 0 aromatic heterocycles. The summed E-state index contributed by atoms with van der Waals surface area (Å²) in [4.78, 5) is 10.5. The molecule has 10 heavy (non-hydrogen) atoms. The number of hydrogen-bond donors (Lipinski definition) is 1. The number of sulfone groups is 1.